The first kappa shape index (κ1) is 6.71. The minimum atomic E-state index is 0.421. The van der Waals surface area contributed by atoms with Crippen LogP contribution in [0.2, 0.25) is 0 Å². The van der Waals surface area contributed by atoms with Crippen LogP contribution in [0, 0.1) is 11.8 Å². The number of carbonyl (C=O) groups is 1. The molecule has 3 atom stereocenters. The van der Waals surface area contributed by atoms with E-state index in [-0.39, 0.29) is 0 Å². The van der Waals surface area contributed by atoms with Gasteiger partial charge in [0.05, 0.1) is 0 Å². The molecular formula is C8H12OS. The van der Waals surface area contributed by atoms with Crippen LogP contribution in [0.1, 0.15) is 19.8 Å². The smallest absolute Gasteiger partial charge is 0.134 e. The van der Waals surface area contributed by atoms with E-state index in [1.807, 2.05) is 11.8 Å². The fourth-order valence-corrected chi connectivity index (χ4v) is 3.65. The molecule has 1 nitrogen and oxygen atoms in total. The molecule has 0 aromatic rings. The molecule has 56 valence electrons. The molecule has 2 heteroatoms. The summed E-state index contributed by atoms with van der Waals surface area (Å²) in [5.41, 5.74) is 0. The second-order valence-corrected chi connectivity index (χ2v) is 4.56. The molecule has 2 fully saturated rings. The van der Waals surface area contributed by atoms with Gasteiger partial charge in [0.1, 0.15) is 5.78 Å². The maximum atomic E-state index is 11.0. The van der Waals surface area contributed by atoms with E-state index < -0.39 is 0 Å². The molecule has 1 heterocycles. The maximum absolute atomic E-state index is 11.0. The van der Waals surface area contributed by atoms with Crippen molar-refractivity contribution in [1.29, 1.82) is 0 Å². The Bertz CT molecular complexity index is 155. The molecule has 10 heavy (non-hydrogen) atoms. The zero-order valence-corrected chi connectivity index (χ0v) is 6.99. The molecule has 0 N–H and O–H groups in total. The van der Waals surface area contributed by atoms with Crippen LogP contribution < -0.4 is 0 Å². The lowest BCUT2D eigenvalue weighted by molar-refractivity contribution is -0.118. The summed E-state index contributed by atoms with van der Waals surface area (Å²) in [6.45, 7) is 1.74. The molecule has 0 amide bonds. The van der Waals surface area contributed by atoms with Crippen LogP contribution in [0.15, 0.2) is 0 Å². The van der Waals surface area contributed by atoms with Gasteiger partial charge >= 0.3 is 0 Å². The Labute approximate surface area is 65.6 Å². The zero-order chi connectivity index (χ0) is 7.14. The summed E-state index contributed by atoms with van der Waals surface area (Å²) in [5.74, 6) is 2.93. The number of ketones is 1. The van der Waals surface area contributed by atoms with E-state index in [9.17, 15) is 4.79 Å². The van der Waals surface area contributed by atoms with Crippen molar-refractivity contribution >= 4 is 17.5 Å². The summed E-state index contributed by atoms with van der Waals surface area (Å²) in [5, 5.41) is 0.728. The number of rotatable bonds is 1. The Hall–Kier alpha value is 0.0200. The first-order valence-electron chi connectivity index (χ1n) is 3.93. The van der Waals surface area contributed by atoms with Gasteiger partial charge < -0.3 is 0 Å². The molecule has 2 aliphatic rings. The highest BCUT2D eigenvalue weighted by molar-refractivity contribution is 8.00. The molecule has 0 radical (unpaired) electrons. The largest absolute Gasteiger partial charge is 0.300 e. The SMILES string of the molecule is CC(=O)C1[C@H]2CCCS[C@@H]12. The van der Waals surface area contributed by atoms with Crippen LogP contribution in [-0.4, -0.2) is 16.8 Å². The van der Waals surface area contributed by atoms with E-state index in [1.54, 1.807) is 6.92 Å². The van der Waals surface area contributed by atoms with Gasteiger partial charge in [-0.25, -0.2) is 0 Å². The molecule has 0 spiro atoms. The predicted octanol–water partition coefficient (Wildman–Crippen LogP) is 1.72. The van der Waals surface area contributed by atoms with E-state index in [0.717, 1.165) is 11.2 Å². The number of hydrogen-bond acceptors (Lipinski definition) is 2. The van der Waals surface area contributed by atoms with Crippen molar-refractivity contribution in [3.05, 3.63) is 0 Å². The van der Waals surface area contributed by atoms with E-state index >= 15 is 0 Å². The van der Waals surface area contributed by atoms with Crippen LogP contribution in [0.3, 0.4) is 0 Å². The van der Waals surface area contributed by atoms with Crippen LogP contribution in [-0.2, 0) is 4.79 Å². The van der Waals surface area contributed by atoms with Crippen molar-refractivity contribution in [2.75, 3.05) is 5.75 Å². The van der Waals surface area contributed by atoms with Crippen molar-refractivity contribution < 1.29 is 4.79 Å². The third-order valence-corrected chi connectivity index (χ3v) is 4.11. The van der Waals surface area contributed by atoms with E-state index in [4.69, 9.17) is 0 Å². The standard InChI is InChI=1S/C8H12OS/c1-5(9)7-6-3-2-4-10-8(6)7/h6-8H,2-4H2,1H3/t6-,7?,8-/m1/s1. The summed E-state index contributed by atoms with van der Waals surface area (Å²) in [7, 11) is 0. The zero-order valence-electron chi connectivity index (χ0n) is 6.17. The average molecular weight is 156 g/mol. The molecule has 1 aliphatic heterocycles. The Balaban J connectivity index is 1.99. The Morgan fingerprint density at radius 3 is 2.90 bits per heavy atom. The first-order valence-corrected chi connectivity index (χ1v) is 4.97. The predicted molar refractivity (Wildman–Crippen MR) is 43.1 cm³/mol. The Kier molecular flexibility index (Phi) is 1.52. The summed E-state index contributed by atoms with van der Waals surface area (Å²) >= 11 is 2.01. The quantitative estimate of drug-likeness (QED) is 0.575. The van der Waals surface area contributed by atoms with E-state index in [0.29, 0.717) is 11.7 Å². The molecule has 1 saturated heterocycles. The van der Waals surface area contributed by atoms with Gasteiger partial charge in [-0.1, -0.05) is 0 Å². The van der Waals surface area contributed by atoms with Gasteiger partial charge in [0.15, 0.2) is 0 Å². The Morgan fingerprint density at radius 1 is 1.60 bits per heavy atom. The normalized spacial score (nSPS) is 44.3. The molecule has 0 aromatic heterocycles. The highest BCUT2D eigenvalue weighted by Gasteiger charge is 2.53. The highest BCUT2D eigenvalue weighted by Crippen LogP contribution is 2.54. The second kappa shape index (κ2) is 2.26. The lowest BCUT2D eigenvalue weighted by Gasteiger charge is -2.04. The van der Waals surface area contributed by atoms with Crippen LogP contribution in [0.25, 0.3) is 0 Å². The molecule has 1 unspecified atom stereocenters. The number of fused-ring (bicyclic) bond motifs is 1. The molecule has 1 aliphatic carbocycles. The van der Waals surface area contributed by atoms with Gasteiger partial charge in [-0.2, -0.15) is 11.8 Å². The third kappa shape index (κ3) is 0.895. The fraction of sp³-hybridized carbons (Fsp3) is 0.875. The topological polar surface area (TPSA) is 17.1 Å². The second-order valence-electron chi connectivity index (χ2n) is 3.28. The molecule has 0 aromatic carbocycles. The number of thioether (sulfide) groups is 1. The molecule has 2 rings (SSSR count). The van der Waals surface area contributed by atoms with Crippen molar-refractivity contribution in [2.24, 2.45) is 11.8 Å². The van der Waals surface area contributed by atoms with Gasteiger partial charge in [0.2, 0.25) is 0 Å². The first-order chi connectivity index (χ1) is 4.80. The van der Waals surface area contributed by atoms with Crippen molar-refractivity contribution in [2.45, 2.75) is 25.0 Å². The molecular weight excluding hydrogens is 144 g/mol. The summed E-state index contributed by atoms with van der Waals surface area (Å²) < 4.78 is 0. The van der Waals surface area contributed by atoms with Gasteiger partial charge in [-0.15, -0.1) is 0 Å². The van der Waals surface area contributed by atoms with Gasteiger partial charge in [0.25, 0.3) is 0 Å². The van der Waals surface area contributed by atoms with Crippen LogP contribution in [0.4, 0.5) is 0 Å². The monoisotopic (exact) mass is 156 g/mol. The van der Waals surface area contributed by atoms with Crippen molar-refractivity contribution in [1.82, 2.24) is 0 Å². The lowest BCUT2D eigenvalue weighted by atomic mass is 10.1. The van der Waals surface area contributed by atoms with Gasteiger partial charge in [-0.3, -0.25) is 4.79 Å². The van der Waals surface area contributed by atoms with Crippen LogP contribution in [0.5, 0.6) is 0 Å². The molecule has 0 bridgehead atoms. The summed E-state index contributed by atoms with van der Waals surface area (Å²) in [6.07, 6.45) is 2.64. The summed E-state index contributed by atoms with van der Waals surface area (Å²) in [4.78, 5) is 11.0. The maximum Gasteiger partial charge on any atom is 0.134 e. The number of hydrogen-bond donors (Lipinski definition) is 0. The van der Waals surface area contributed by atoms with Gasteiger partial charge in [-0.05, 0) is 31.4 Å². The van der Waals surface area contributed by atoms with Crippen molar-refractivity contribution in [3.8, 4) is 0 Å². The van der Waals surface area contributed by atoms with Crippen molar-refractivity contribution in [3.63, 3.8) is 0 Å². The number of Topliss-reactive ketones (excluding diaryl/α,β-unsaturated/α-hetero) is 1. The third-order valence-electron chi connectivity index (χ3n) is 2.56. The average Bonchev–Trinajstić information content (AvgIpc) is 2.60. The lowest BCUT2D eigenvalue weighted by Crippen LogP contribution is -1.95. The van der Waals surface area contributed by atoms with E-state index in [1.165, 1.54) is 18.6 Å². The Morgan fingerprint density at radius 2 is 2.40 bits per heavy atom. The number of carbonyl (C=O) groups excluding carboxylic acids is 1. The summed E-state index contributed by atoms with van der Waals surface area (Å²) in [6, 6.07) is 0. The minimum absolute atomic E-state index is 0.421. The van der Waals surface area contributed by atoms with Crippen LogP contribution >= 0.6 is 11.8 Å². The highest BCUT2D eigenvalue weighted by atomic mass is 32.2. The van der Waals surface area contributed by atoms with Gasteiger partial charge in [0, 0.05) is 11.2 Å². The van der Waals surface area contributed by atoms with E-state index in [2.05, 4.69) is 0 Å². The fourth-order valence-electron chi connectivity index (χ4n) is 1.98. The molecule has 1 saturated carbocycles. The minimum Gasteiger partial charge on any atom is -0.300 e.